The lowest BCUT2D eigenvalue weighted by atomic mass is 10.0. The van der Waals surface area contributed by atoms with Gasteiger partial charge in [-0.2, -0.15) is 0 Å². The van der Waals surface area contributed by atoms with E-state index in [1.54, 1.807) is 23.6 Å². The smallest absolute Gasteiger partial charge is 0.257 e. The molecule has 0 fully saturated rings. The second kappa shape index (κ2) is 6.83. The molecule has 0 saturated heterocycles. The number of nitrogens with zero attached hydrogens (tertiary/aromatic N) is 3. The first kappa shape index (κ1) is 17.2. The molecule has 0 aliphatic rings. The predicted octanol–water partition coefficient (Wildman–Crippen LogP) is 4.79. The highest BCUT2D eigenvalue weighted by Gasteiger charge is 2.12. The number of aromatic amines is 1. The first-order valence-corrected chi connectivity index (χ1v) is 10.2. The van der Waals surface area contributed by atoms with Crippen LogP contribution in [-0.2, 0) is 0 Å². The van der Waals surface area contributed by atoms with Gasteiger partial charge in [-0.15, -0.1) is 11.3 Å². The molecule has 0 aliphatic heterocycles. The topological polar surface area (TPSA) is 71.5 Å². The molecule has 5 nitrogen and oxygen atoms in total. The van der Waals surface area contributed by atoms with Crippen molar-refractivity contribution >= 4 is 45.7 Å². The summed E-state index contributed by atoms with van der Waals surface area (Å²) in [6.45, 7) is 1.96. The summed E-state index contributed by atoms with van der Waals surface area (Å²) >= 11 is 9.49. The van der Waals surface area contributed by atoms with E-state index in [4.69, 9.17) is 11.6 Å². The Kier molecular flexibility index (Phi) is 4.52. The molecule has 0 unspecified atom stereocenters. The Morgan fingerprint density at radius 1 is 1.19 bits per heavy atom. The number of thioether (sulfide) groups is 1. The first-order chi connectivity index (χ1) is 12.5. The fraction of sp³-hybridized carbons (Fsp3) is 0.111. The SMILES string of the molecule is CSc1ncc2cc(-c3ccc(-c4csc(C)n4)cc3Cl)c(=O)[nH]c2n1. The second-order valence-electron chi connectivity index (χ2n) is 5.62. The van der Waals surface area contributed by atoms with Crippen LogP contribution in [0.5, 0.6) is 0 Å². The molecule has 0 bridgehead atoms. The van der Waals surface area contributed by atoms with E-state index in [0.717, 1.165) is 21.7 Å². The molecule has 3 aromatic heterocycles. The summed E-state index contributed by atoms with van der Waals surface area (Å²) < 4.78 is 0. The van der Waals surface area contributed by atoms with Crippen molar-refractivity contribution in [3.05, 3.63) is 56.2 Å². The largest absolute Gasteiger partial charge is 0.306 e. The van der Waals surface area contributed by atoms with Crippen molar-refractivity contribution in [3.63, 3.8) is 0 Å². The van der Waals surface area contributed by atoms with Crippen molar-refractivity contribution in [2.75, 3.05) is 6.26 Å². The summed E-state index contributed by atoms with van der Waals surface area (Å²) in [7, 11) is 0. The lowest BCUT2D eigenvalue weighted by molar-refractivity contribution is 0.988. The van der Waals surface area contributed by atoms with Gasteiger partial charge in [0.25, 0.3) is 5.56 Å². The first-order valence-electron chi connectivity index (χ1n) is 7.71. The fourth-order valence-electron chi connectivity index (χ4n) is 2.66. The van der Waals surface area contributed by atoms with E-state index in [-0.39, 0.29) is 5.56 Å². The molecular formula is C18H13ClN4OS2. The third-order valence-electron chi connectivity index (χ3n) is 3.93. The fourth-order valence-corrected chi connectivity index (χ4v) is 3.91. The average Bonchev–Trinajstić information content (AvgIpc) is 3.07. The van der Waals surface area contributed by atoms with Gasteiger partial charge in [-0.05, 0) is 25.3 Å². The number of hydrogen-bond donors (Lipinski definition) is 1. The maximum Gasteiger partial charge on any atom is 0.257 e. The van der Waals surface area contributed by atoms with Gasteiger partial charge in [0.1, 0.15) is 5.65 Å². The molecule has 0 aliphatic carbocycles. The molecule has 4 rings (SSSR count). The van der Waals surface area contributed by atoms with Crippen molar-refractivity contribution in [1.29, 1.82) is 0 Å². The Balaban J connectivity index is 1.82. The normalized spacial score (nSPS) is 11.2. The molecule has 0 atom stereocenters. The van der Waals surface area contributed by atoms with Gasteiger partial charge in [0, 0.05) is 38.7 Å². The summed E-state index contributed by atoms with van der Waals surface area (Å²) in [5.74, 6) is 0. The quantitative estimate of drug-likeness (QED) is 0.395. The Hall–Kier alpha value is -2.22. The van der Waals surface area contributed by atoms with E-state index in [1.807, 2.05) is 36.8 Å². The Bertz CT molecular complexity index is 1190. The third-order valence-corrected chi connectivity index (χ3v) is 5.58. The molecule has 130 valence electrons. The van der Waals surface area contributed by atoms with Crippen molar-refractivity contribution in [2.24, 2.45) is 0 Å². The highest BCUT2D eigenvalue weighted by Crippen LogP contribution is 2.32. The summed E-state index contributed by atoms with van der Waals surface area (Å²) in [6, 6.07) is 7.38. The molecule has 26 heavy (non-hydrogen) atoms. The lowest BCUT2D eigenvalue weighted by Gasteiger charge is -2.07. The van der Waals surface area contributed by atoms with Gasteiger partial charge in [-0.1, -0.05) is 35.5 Å². The van der Waals surface area contributed by atoms with E-state index in [2.05, 4.69) is 19.9 Å². The molecule has 0 radical (unpaired) electrons. The highest BCUT2D eigenvalue weighted by molar-refractivity contribution is 7.98. The van der Waals surface area contributed by atoms with Crippen molar-refractivity contribution in [2.45, 2.75) is 12.1 Å². The molecule has 0 amide bonds. The van der Waals surface area contributed by atoms with Crippen LogP contribution in [0.3, 0.4) is 0 Å². The Morgan fingerprint density at radius 2 is 2.04 bits per heavy atom. The number of nitrogens with one attached hydrogen (secondary N) is 1. The van der Waals surface area contributed by atoms with Gasteiger partial charge in [-0.3, -0.25) is 4.79 Å². The van der Waals surface area contributed by atoms with E-state index in [9.17, 15) is 4.79 Å². The van der Waals surface area contributed by atoms with Gasteiger partial charge < -0.3 is 4.98 Å². The minimum absolute atomic E-state index is 0.234. The van der Waals surface area contributed by atoms with Crippen molar-refractivity contribution < 1.29 is 0 Å². The number of H-pyrrole nitrogens is 1. The Labute approximate surface area is 162 Å². The molecule has 1 aromatic carbocycles. The summed E-state index contributed by atoms with van der Waals surface area (Å²) in [6.07, 6.45) is 3.59. The predicted molar refractivity (Wildman–Crippen MR) is 108 cm³/mol. The zero-order valence-electron chi connectivity index (χ0n) is 13.9. The van der Waals surface area contributed by atoms with Crippen LogP contribution in [-0.4, -0.2) is 26.2 Å². The molecule has 1 N–H and O–H groups in total. The van der Waals surface area contributed by atoms with E-state index >= 15 is 0 Å². The van der Waals surface area contributed by atoms with Gasteiger partial charge in [0.15, 0.2) is 5.16 Å². The minimum Gasteiger partial charge on any atom is -0.306 e. The maximum absolute atomic E-state index is 12.6. The van der Waals surface area contributed by atoms with Gasteiger partial charge >= 0.3 is 0 Å². The number of hydrogen-bond acceptors (Lipinski definition) is 6. The average molecular weight is 401 g/mol. The van der Waals surface area contributed by atoms with Crippen LogP contribution in [0.1, 0.15) is 5.01 Å². The summed E-state index contributed by atoms with van der Waals surface area (Å²) in [5.41, 5.74) is 3.24. The number of aromatic nitrogens is 4. The van der Waals surface area contributed by atoms with Crippen LogP contribution in [0.2, 0.25) is 5.02 Å². The van der Waals surface area contributed by atoms with Gasteiger partial charge in [-0.25, -0.2) is 15.0 Å². The van der Waals surface area contributed by atoms with Crippen LogP contribution >= 0.6 is 34.7 Å². The molecule has 0 saturated carbocycles. The number of aryl methyl sites for hydroxylation is 1. The van der Waals surface area contributed by atoms with Crippen molar-refractivity contribution in [1.82, 2.24) is 19.9 Å². The van der Waals surface area contributed by atoms with Crippen molar-refractivity contribution in [3.8, 4) is 22.4 Å². The van der Waals surface area contributed by atoms with Crippen LogP contribution in [0.25, 0.3) is 33.4 Å². The molecule has 0 spiro atoms. The molecular weight excluding hydrogens is 388 g/mol. The standard InChI is InChI=1S/C18H13ClN4OS2/c1-9-21-15(8-26-9)10-3-4-12(14(19)6-10)13-5-11-7-20-18(25-2)23-16(11)22-17(13)24/h3-8H,1-2H3,(H,20,22,23,24). The lowest BCUT2D eigenvalue weighted by Crippen LogP contribution is -2.10. The van der Waals surface area contributed by atoms with E-state index in [1.165, 1.54) is 11.8 Å². The van der Waals surface area contributed by atoms with Gasteiger partial charge in [0.05, 0.1) is 10.7 Å². The third kappa shape index (κ3) is 3.13. The number of benzene rings is 1. The zero-order chi connectivity index (χ0) is 18.3. The summed E-state index contributed by atoms with van der Waals surface area (Å²) in [5, 5.41) is 4.86. The monoisotopic (exact) mass is 400 g/mol. The molecule has 3 heterocycles. The number of pyridine rings is 1. The molecule has 8 heteroatoms. The van der Waals surface area contributed by atoms with Crippen LogP contribution in [0.15, 0.2) is 45.8 Å². The van der Waals surface area contributed by atoms with Crippen LogP contribution in [0, 0.1) is 6.92 Å². The molecule has 4 aromatic rings. The minimum atomic E-state index is -0.234. The summed E-state index contributed by atoms with van der Waals surface area (Å²) in [4.78, 5) is 28.4. The number of fused-ring (bicyclic) bond motifs is 1. The van der Waals surface area contributed by atoms with Crippen LogP contribution < -0.4 is 5.56 Å². The van der Waals surface area contributed by atoms with Gasteiger partial charge in [0.2, 0.25) is 0 Å². The number of thiazole rings is 1. The maximum atomic E-state index is 12.6. The number of halogens is 1. The van der Waals surface area contributed by atoms with E-state index in [0.29, 0.717) is 27.0 Å². The number of rotatable bonds is 3. The highest BCUT2D eigenvalue weighted by atomic mass is 35.5. The zero-order valence-corrected chi connectivity index (χ0v) is 16.3. The van der Waals surface area contributed by atoms with E-state index < -0.39 is 0 Å². The second-order valence-corrected chi connectivity index (χ2v) is 7.86. The Morgan fingerprint density at radius 3 is 2.73 bits per heavy atom. The van der Waals surface area contributed by atoms with Crippen LogP contribution in [0.4, 0.5) is 0 Å².